The summed E-state index contributed by atoms with van der Waals surface area (Å²) >= 11 is 1.23. The summed E-state index contributed by atoms with van der Waals surface area (Å²) < 4.78 is 38.8. The van der Waals surface area contributed by atoms with Crippen LogP contribution in [0.2, 0.25) is 0 Å². The molecule has 1 aliphatic rings. The van der Waals surface area contributed by atoms with Crippen LogP contribution in [0.3, 0.4) is 0 Å². The van der Waals surface area contributed by atoms with Crippen molar-refractivity contribution in [2.24, 2.45) is 0 Å². The Bertz CT molecular complexity index is 1360. The second kappa shape index (κ2) is 7.86. The maximum absolute atomic E-state index is 12.9. The van der Waals surface area contributed by atoms with Gasteiger partial charge in [0.25, 0.3) is 11.8 Å². The van der Waals surface area contributed by atoms with Crippen molar-refractivity contribution in [1.29, 1.82) is 0 Å². The molecule has 1 aliphatic heterocycles. The fourth-order valence-corrected chi connectivity index (χ4v) is 4.33. The number of rotatable bonds is 4. The summed E-state index contributed by atoms with van der Waals surface area (Å²) in [5, 5.41) is 5.05. The number of nitrogens with one attached hydrogen (secondary N) is 1. The van der Waals surface area contributed by atoms with E-state index in [9.17, 15) is 22.8 Å². The summed E-state index contributed by atoms with van der Waals surface area (Å²) in [6.07, 6.45) is -4.43. The summed E-state index contributed by atoms with van der Waals surface area (Å²) in [5.41, 5.74) is 1.87. The molecule has 3 aromatic carbocycles. The first-order chi connectivity index (χ1) is 15.8. The number of aromatic nitrogens is 1. The Morgan fingerprint density at radius 3 is 2.24 bits per heavy atom. The van der Waals surface area contributed by atoms with E-state index in [0.29, 0.717) is 33.2 Å². The molecule has 1 N–H and O–H groups in total. The van der Waals surface area contributed by atoms with Crippen molar-refractivity contribution >= 4 is 39.7 Å². The summed E-state index contributed by atoms with van der Waals surface area (Å²) in [5.74, 6) is -0.782. The normalized spacial score (nSPS) is 13.4. The fraction of sp³-hybridized carbons (Fsp3) is 0.0417. The van der Waals surface area contributed by atoms with Gasteiger partial charge in [-0.1, -0.05) is 30.3 Å². The standard InChI is InChI=1S/C24H14F3N3O2S/c25-24(26,27)15-6-4-7-16(12-15)28-23-29-20(13-33-23)14-5-3-8-17(11-14)30-21(31)18-9-1-2-10-19(18)22(30)32/h1-13H,(H,28,29). The molecule has 2 heterocycles. The minimum absolute atomic E-state index is 0.269. The molecule has 4 aromatic rings. The molecule has 9 heteroatoms. The van der Waals surface area contributed by atoms with Crippen molar-refractivity contribution in [2.75, 3.05) is 10.2 Å². The highest BCUT2D eigenvalue weighted by Crippen LogP contribution is 2.34. The smallest absolute Gasteiger partial charge is 0.332 e. The predicted octanol–water partition coefficient (Wildman–Crippen LogP) is 6.37. The van der Waals surface area contributed by atoms with Crippen molar-refractivity contribution in [3.05, 3.63) is 94.9 Å². The van der Waals surface area contributed by atoms with Gasteiger partial charge < -0.3 is 5.32 Å². The topological polar surface area (TPSA) is 62.3 Å². The van der Waals surface area contributed by atoms with Crippen molar-refractivity contribution in [3.8, 4) is 11.3 Å². The van der Waals surface area contributed by atoms with Gasteiger partial charge in [0.15, 0.2) is 5.13 Å². The molecule has 0 saturated carbocycles. The Morgan fingerprint density at radius 2 is 1.55 bits per heavy atom. The minimum Gasteiger partial charge on any atom is -0.332 e. The summed E-state index contributed by atoms with van der Waals surface area (Å²) in [6, 6.07) is 18.4. The van der Waals surface area contributed by atoms with E-state index in [0.717, 1.165) is 17.0 Å². The van der Waals surface area contributed by atoms with E-state index in [1.54, 1.807) is 53.9 Å². The number of carbonyl (C=O) groups excluding carboxylic acids is 2. The van der Waals surface area contributed by atoms with Gasteiger partial charge in [-0.15, -0.1) is 11.3 Å². The fourth-order valence-electron chi connectivity index (χ4n) is 3.59. The maximum atomic E-state index is 12.9. The SMILES string of the molecule is O=C1c2ccccc2C(=O)N1c1cccc(-c2csc(Nc3cccc(C(F)(F)F)c3)n2)c1. The molecule has 0 radical (unpaired) electrons. The highest BCUT2D eigenvalue weighted by atomic mass is 32.1. The molecule has 5 nitrogen and oxygen atoms in total. The van der Waals surface area contributed by atoms with Gasteiger partial charge in [-0.25, -0.2) is 9.88 Å². The average Bonchev–Trinajstić information content (AvgIpc) is 3.36. The molecular weight excluding hydrogens is 451 g/mol. The number of carbonyl (C=O) groups is 2. The van der Waals surface area contributed by atoms with Crippen LogP contribution in [0.15, 0.2) is 78.2 Å². The Labute approximate surface area is 190 Å². The van der Waals surface area contributed by atoms with Gasteiger partial charge in [0.1, 0.15) is 0 Å². The molecule has 0 atom stereocenters. The number of benzene rings is 3. The van der Waals surface area contributed by atoms with Crippen molar-refractivity contribution in [3.63, 3.8) is 0 Å². The first kappa shape index (κ1) is 20.9. The molecule has 0 fully saturated rings. The van der Waals surface area contributed by atoms with Crippen LogP contribution in [0.1, 0.15) is 26.3 Å². The van der Waals surface area contributed by atoms with Gasteiger partial charge in [-0.3, -0.25) is 9.59 Å². The van der Waals surface area contributed by atoms with Crippen LogP contribution in [0.25, 0.3) is 11.3 Å². The van der Waals surface area contributed by atoms with Crippen LogP contribution in [-0.2, 0) is 6.18 Å². The molecule has 0 unspecified atom stereocenters. The number of amides is 2. The van der Waals surface area contributed by atoms with Crippen LogP contribution in [-0.4, -0.2) is 16.8 Å². The second-order valence-corrected chi connectivity index (χ2v) is 8.14. The highest BCUT2D eigenvalue weighted by molar-refractivity contribution is 7.14. The zero-order chi connectivity index (χ0) is 23.2. The highest BCUT2D eigenvalue weighted by Gasteiger charge is 2.36. The van der Waals surface area contributed by atoms with Gasteiger partial charge in [0.05, 0.1) is 28.1 Å². The lowest BCUT2D eigenvalue weighted by molar-refractivity contribution is -0.137. The second-order valence-electron chi connectivity index (χ2n) is 7.28. The first-order valence-corrected chi connectivity index (χ1v) is 10.7. The number of fused-ring (bicyclic) bond motifs is 1. The van der Waals surface area contributed by atoms with Gasteiger partial charge in [0.2, 0.25) is 0 Å². The number of hydrogen-bond acceptors (Lipinski definition) is 5. The number of halogens is 3. The average molecular weight is 465 g/mol. The number of nitrogens with zero attached hydrogens (tertiary/aromatic N) is 2. The number of thiazole rings is 1. The zero-order valence-electron chi connectivity index (χ0n) is 16.8. The predicted molar refractivity (Wildman–Crippen MR) is 120 cm³/mol. The van der Waals surface area contributed by atoms with Crippen LogP contribution in [0, 0.1) is 0 Å². The van der Waals surface area contributed by atoms with Gasteiger partial charge >= 0.3 is 6.18 Å². The molecule has 1 aromatic heterocycles. The molecule has 0 aliphatic carbocycles. The van der Waals surface area contributed by atoms with Gasteiger partial charge in [-0.05, 0) is 42.5 Å². The number of anilines is 3. The van der Waals surface area contributed by atoms with Gasteiger partial charge in [0, 0.05) is 16.6 Å². The van der Waals surface area contributed by atoms with E-state index in [4.69, 9.17) is 0 Å². The van der Waals surface area contributed by atoms with E-state index in [1.807, 2.05) is 0 Å². The number of hydrogen-bond donors (Lipinski definition) is 1. The maximum Gasteiger partial charge on any atom is 0.416 e. The summed E-state index contributed by atoms with van der Waals surface area (Å²) in [4.78, 5) is 31.1. The summed E-state index contributed by atoms with van der Waals surface area (Å²) in [7, 11) is 0. The lowest BCUT2D eigenvalue weighted by Gasteiger charge is -2.14. The van der Waals surface area contributed by atoms with Crippen LogP contribution < -0.4 is 10.2 Å². The molecule has 164 valence electrons. The van der Waals surface area contributed by atoms with Crippen molar-refractivity contribution < 1.29 is 22.8 Å². The zero-order valence-corrected chi connectivity index (χ0v) is 17.6. The molecular formula is C24H14F3N3O2S. The summed E-state index contributed by atoms with van der Waals surface area (Å²) in [6.45, 7) is 0. The Kier molecular flexibility index (Phi) is 4.98. The third-order valence-electron chi connectivity index (χ3n) is 5.14. The van der Waals surface area contributed by atoms with E-state index in [1.165, 1.54) is 23.5 Å². The van der Waals surface area contributed by atoms with Crippen LogP contribution in [0.5, 0.6) is 0 Å². The number of alkyl halides is 3. The first-order valence-electron chi connectivity index (χ1n) is 9.79. The quantitative estimate of drug-likeness (QED) is 0.356. The van der Waals surface area contributed by atoms with Crippen molar-refractivity contribution in [2.45, 2.75) is 6.18 Å². The van der Waals surface area contributed by atoms with E-state index < -0.39 is 23.6 Å². The third kappa shape index (κ3) is 3.87. The monoisotopic (exact) mass is 465 g/mol. The van der Waals surface area contributed by atoms with Crippen LogP contribution >= 0.6 is 11.3 Å². The molecule has 0 spiro atoms. The lowest BCUT2D eigenvalue weighted by Crippen LogP contribution is -2.29. The molecule has 0 bridgehead atoms. The van der Waals surface area contributed by atoms with E-state index in [-0.39, 0.29) is 5.69 Å². The Morgan fingerprint density at radius 1 is 0.848 bits per heavy atom. The van der Waals surface area contributed by atoms with E-state index in [2.05, 4.69) is 10.3 Å². The molecule has 33 heavy (non-hydrogen) atoms. The largest absolute Gasteiger partial charge is 0.416 e. The molecule has 2 amide bonds. The van der Waals surface area contributed by atoms with Gasteiger partial charge in [-0.2, -0.15) is 13.2 Å². The molecule has 5 rings (SSSR count). The van der Waals surface area contributed by atoms with Crippen LogP contribution in [0.4, 0.5) is 29.7 Å². The number of imide groups is 1. The Hall–Kier alpha value is -3.98. The Balaban J connectivity index is 1.40. The lowest BCUT2D eigenvalue weighted by atomic mass is 10.1. The third-order valence-corrected chi connectivity index (χ3v) is 5.90. The minimum atomic E-state index is -4.43. The van der Waals surface area contributed by atoms with Crippen molar-refractivity contribution in [1.82, 2.24) is 4.98 Å². The van der Waals surface area contributed by atoms with E-state index >= 15 is 0 Å². The molecule has 0 saturated heterocycles.